The van der Waals surface area contributed by atoms with Crippen LogP contribution in [0.3, 0.4) is 0 Å². The number of hydrogen-bond donors (Lipinski definition) is 1. The molecule has 0 saturated heterocycles. The van der Waals surface area contributed by atoms with Gasteiger partial charge in [0, 0.05) is 10.6 Å². The largest absolute Gasteiger partial charge is 0.465 e. The van der Waals surface area contributed by atoms with Crippen molar-refractivity contribution >= 4 is 40.8 Å². The first-order valence-electron chi connectivity index (χ1n) is 9.17. The monoisotopic (exact) mass is 433 g/mol. The molecule has 0 aliphatic rings. The van der Waals surface area contributed by atoms with Crippen molar-refractivity contribution in [2.45, 2.75) is 26.7 Å². The number of benzene rings is 1. The predicted octanol–water partition coefficient (Wildman–Crippen LogP) is 3.38. The molecule has 0 atom stereocenters. The maximum Gasteiger partial charge on any atom is 0.348 e. The van der Waals surface area contributed by atoms with Gasteiger partial charge in [0.05, 0.1) is 25.3 Å². The van der Waals surface area contributed by atoms with E-state index in [1.165, 1.54) is 43.8 Å². The average Bonchev–Trinajstić information content (AvgIpc) is 3.11. The minimum absolute atomic E-state index is 0.0604. The van der Waals surface area contributed by atoms with Crippen LogP contribution in [0.1, 0.15) is 54.2 Å². The maximum atomic E-state index is 12.2. The molecule has 160 valence electrons. The highest BCUT2D eigenvalue weighted by molar-refractivity contribution is 7.14. The van der Waals surface area contributed by atoms with Gasteiger partial charge in [-0.25, -0.2) is 14.4 Å². The number of carbonyl (C=O) groups is 4. The zero-order valence-corrected chi connectivity index (χ0v) is 18.0. The summed E-state index contributed by atoms with van der Waals surface area (Å²) in [6, 6.07) is 5.77. The minimum atomic E-state index is -0.682. The number of hydrogen-bond acceptors (Lipinski definition) is 8. The highest BCUT2D eigenvalue weighted by Crippen LogP contribution is 2.23. The molecule has 30 heavy (non-hydrogen) atoms. The summed E-state index contributed by atoms with van der Waals surface area (Å²) in [6.45, 7) is 3.47. The van der Waals surface area contributed by atoms with Gasteiger partial charge >= 0.3 is 17.9 Å². The van der Waals surface area contributed by atoms with E-state index < -0.39 is 30.4 Å². The molecule has 1 heterocycles. The number of esters is 3. The molecule has 2 rings (SSSR count). The second-order valence-electron chi connectivity index (χ2n) is 6.35. The molecule has 0 fully saturated rings. The van der Waals surface area contributed by atoms with Gasteiger partial charge in [-0.05, 0) is 43.2 Å². The van der Waals surface area contributed by atoms with E-state index in [0.717, 1.165) is 23.3 Å². The van der Waals surface area contributed by atoms with Gasteiger partial charge in [-0.3, -0.25) is 4.79 Å². The molecular formula is C21H23NO7S. The Morgan fingerprint density at radius 2 is 1.53 bits per heavy atom. The molecule has 0 saturated carbocycles. The summed E-state index contributed by atoms with van der Waals surface area (Å²) < 4.78 is 14.4. The van der Waals surface area contributed by atoms with E-state index in [2.05, 4.69) is 21.7 Å². The minimum Gasteiger partial charge on any atom is -0.465 e. The fourth-order valence-corrected chi connectivity index (χ4v) is 3.67. The van der Waals surface area contributed by atoms with Crippen molar-refractivity contribution in [1.82, 2.24) is 0 Å². The molecule has 0 unspecified atom stereocenters. The van der Waals surface area contributed by atoms with Crippen LogP contribution in [-0.2, 0) is 25.4 Å². The lowest BCUT2D eigenvalue weighted by Gasteiger charge is -2.10. The van der Waals surface area contributed by atoms with Gasteiger partial charge in [0.2, 0.25) is 0 Å². The van der Waals surface area contributed by atoms with E-state index >= 15 is 0 Å². The van der Waals surface area contributed by atoms with Crippen LogP contribution in [0.5, 0.6) is 0 Å². The number of rotatable bonds is 8. The van der Waals surface area contributed by atoms with Crippen molar-refractivity contribution in [2.24, 2.45) is 0 Å². The number of anilines is 1. The number of ether oxygens (including phenoxy) is 3. The molecule has 1 amide bonds. The van der Waals surface area contributed by atoms with Gasteiger partial charge in [0.1, 0.15) is 4.88 Å². The molecule has 1 N–H and O–H groups in total. The van der Waals surface area contributed by atoms with Crippen molar-refractivity contribution in [2.75, 3.05) is 26.1 Å². The molecule has 0 radical (unpaired) electrons. The zero-order valence-electron chi connectivity index (χ0n) is 17.2. The highest BCUT2D eigenvalue weighted by Gasteiger charge is 2.17. The van der Waals surface area contributed by atoms with Crippen LogP contribution in [0.15, 0.2) is 24.3 Å². The lowest BCUT2D eigenvalue weighted by molar-refractivity contribution is -0.119. The number of methoxy groups -OCH3 is 2. The summed E-state index contributed by atoms with van der Waals surface area (Å²) in [4.78, 5) is 49.5. The molecule has 2 aromatic rings. The van der Waals surface area contributed by atoms with E-state index in [4.69, 9.17) is 4.74 Å². The molecule has 1 aromatic heterocycles. The Kier molecular flexibility index (Phi) is 8.11. The molecule has 0 bridgehead atoms. The number of thiophene rings is 1. The van der Waals surface area contributed by atoms with Crippen LogP contribution >= 0.6 is 11.3 Å². The third kappa shape index (κ3) is 5.90. The van der Waals surface area contributed by atoms with Crippen molar-refractivity contribution < 1.29 is 33.4 Å². The van der Waals surface area contributed by atoms with Crippen LogP contribution in [0, 0.1) is 6.92 Å². The number of aryl methyl sites for hydroxylation is 2. The fraction of sp³-hybridized carbons (Fsp3) is 0.333. The Bertz CT molecular complexity index is 930. The Balaban J connectivity index is 2.06. The Hall–Kier alpha value is -3.20. The van der Waals surface area contributed by atoms with Gasteiger partial charge in [0.25, 0.3) is 5.91 Å². The number of nitrogens with one attached hydrogen (secondary N) is 1. The second kappa shape index (κ2) is 10.5. The predicted molar refractivity (Wildman–Crippen MR) is 111 cm³/mol. The first kappa shape index (κ1) is 23.1. The van der Waals surface area contributed by atoms with E-state index in [9.17, 15) is 19.2 Å². The Labute approximate surface area is 178 Å². The van der Waals surface area contributed by atoms with Crippen LogP contribution in [0.2, 0.25) is 0 Å². The molecule has 0 aliphatic heterocycles. The maximum absolute atomic E-state index is 12.2. The van der Waals surface area contributed by atoms with E-state index in [0.29, 0.717) is 4.88 Å². The highest BCUT2D eigenvalue weighted by atomic mass is 32.1. The second-order valence-corrected chi connectivity index (χ2v) is 7.60. The Morgan fingerprint density at radius 3 is 2.07 bits per heavy atom. The van der Waals surface area contributed by atoms with Crippen LogP contribution in [0.25, 0.3) is 0 Å². The SMILES string of the molecule is CCCc1cc(C(=O)OCC(=O)Nc2cc(C(=O)OC)cc(C(=O)OC)c2)sc1C. The van der Waals surface area contributed by atoms with Gasteiger partial charge < -0.3 is 19.5 Å². The quantitative estimate of drug-likeness (QED) is 0.502. The Morgan fingerprint density at radius 1 is 0.933 bits per heavy atom. The molecule has 1 aromatic carbocycles. The first-order valence-corrected chi connectivity index (χ1v) is 9.98. The lowest BCUT2D eigenvalue weighted by atomic mass is 10.1. The molecular weight excluding hydrogens is 410 g/mol. The molecule has 8 nitrogen and oxygen atoms in total. The summed E-state index contributed by atoms with van der Waals surface area (Å²) in [6.07, 6.45) is 1.84. The van der Waals surface area contributed by atoms with E-state index in [-0.39, 0.29) is 16.8 Å². The summed E-state index contributed by atoms with van der Waals surface area (Å²) in [7, 11) is 2.39. The first-order chi connectivity index (χ1) is 14.3. The topological polar surface area (TPSA) is 108 Å². The fourth-order valence-electron chi connectivity index (χ4n) is 2.71. The summed E-state index contributed by atoms with van der Waals surface area (Å²) in [5.74, 6) is -2.57. The van der Waals surface area contributed by atoms with Crippen LogP contribution in [0.4, 0.5) is 5.69 Å². The van der Waals surface area contributed by atoms with Crippen molar-refractivity contribution in [3.63, 3.8) is 0 Å². The van der Waals surface area contributed by atoms with Crippen molar-refractivity contribution in [3.8, 4) is 0 Å². The lowest BCUT2D eigenvalue weighted by Crippen LogP contribution is -2.21. The van der Waals surface area contributed by atoms with Crippen molar-refractivity contribution in [1.29, 1.82) is 0 Å². The molecule has 0 spiro atoms. The van der Waals surface area contributed by atoms with Crippen molar-refractivity contribution in [3.05, 3.63) is 50.7 Å². The van der Waals surface area contributed by atoms with Gasteiger partial charge in [0.15, 0.2) is 6.61 Å². The van der Waals surface area contributed by atoms with E-state index in [1.807, 2.05) is 6.92 Å². The standard InChI is InChI=1S/C21H23NO7S/c1-5-6-13-10-17(30-12(13)2)21(26)29-11-18(23)22-16-8-14(19(24)27-3)7-15(9-16)20(25)28-4/h7-10H,5-6,11H2,1-4H3,(H,22,23). The smallest absolute Gasteiger partial charge is 0.348 e. The zero-order chi connectivity index (χ0) is 22.3. The van der Waals surface area contributed by atoms with Gasteiger partial charge in [-0.15, -0.1) is 11.3 Å². The number of carbonyl (C=O) groups excluding carboxylic acids is 4. The third-order valence-corrected chi connectivity index (χ3v) is 5.21. The van der Waals surface area contributed by atoms with Gasteiger partial charge in [-0.2, -0.15) is 0 Å². The van der Waals surface area contributed by atoms with Crippen LogP contribution < -0.4 is 5.32 Å². The summed E-state index contributed by atoms with van der Waals surface area (Å²) in [5.41, 5.74) is 1.38. The van der Waals surface area contributed by atoms with E-state index in [1.54, 1.807) is 6.07 Å². The normalized spacial score (nSPS) is 10.3. The average molecular weight is 433 g/mol. The summed E-state index contributed by atoms with van der Waals surface area (Å²) in [5, 5.41) is 2.50. The third-order valence-electron chi connectivity index (χ3n) is 4.13. The van der Waals surface area contributed by atoms with Crippen LogP contribution in [-0.4, -0.2) is 44.6 Å². The van der Waals surface area contributed by atoms with Gasteiger partial charge in [-0.1, -0.05) is 13.3 Å². The molecule has 9 heteroatoms. The molecule has 0 aliphatic carbocycles. The number of amides is 1. The summed E-state index contributed by atoms with van der Waals surface area (Å²) >= 11 is 1.32.